The normalized spacial score (nSPS) is 14.2. The van der Waals surface area contributed by atoms with Crippen LogP contribution in [-0.2, 0) is 14.3 Å². The van der Waals surface area contributed by atoms with Crippen LogP contribution >= 0.6 is 15.9 Å². The van der Waals surface area contributed by atoms with E-state index in [0.717, 1.165) is 4.47 Å². The molecule has 0 saturated carbocycles. The molecule has 1 heterocycles. The van der Waals surface area contributed by atoms with Crippen LogP contribution in [0, 0.1) is 5.21 Å². The van der Waals surface area contributed by atoms with Crippen LogP contribution in [0.15, 0.2) is 53.0 Å². The van der Waals surface area contributed by atoms with E-state index >= 15 is 0 Å². The fourth-order valence-electron chi connectivity index (χ4n) is 2.75. The first-order valence-corrected chi connectivity index (χ1v) is 8.34. The topological polar surface area (TPSA) is 72.7 Å². The second-order valence-electron chi connectivity index (χ2n) is 5.47. The maximum absolute atomic E-state index is 12.7. The van der Waals surface area contributed by atoms with Gasteiger partial charge in [-0.2, -0.15) is 4.74 Å². The molecule has 7 heteroatoms. The highest BCUT2D eigenvalue weighted by Gasteiger charge is 2.33. The molecule has 1 amide bonds. The zero-order chi connectivity index (χ0) is 18.0. The van der Waals surface area contributed by atoms with Crippen LogP contribution < -0.4 is 4.90 Å². The number of methoxy groups -OCH3 is 1. The highest BCUT2D eigenvalue weighted by Crippen LogP contribution is 2.29. The Hall–Kier alpha value is -2.67. The maximum atomic E-state index is 12.7. The number of benzene rings is 2. The van der Waals surface area contributed by atoms with Gasteiger partial charge in [-0.3, -0.25) is 14.5 Å². The molecular weight excluding hydrogens is 388 g/mol. The second-order valence-corrected chi connectivity index (χ2v) is 6.38. The van der Waals surface area contributed by atoms with Crippen LogP contribution in [0.5, 0.6) is 0 Å². The fourth-order valence-corrected chi connectivity index (χ4v) is 3.11. The number of hydroxylamine groups is 1. The lowest BCUT2D eigenvalue weighted by molar-refractivity contribution is -0.443. The van der Waals surface area contributed by atoms with Crippen LogP contribution in [0.4, 0.5) is 5.69 Å². The number of carbonyl (C=O) groups is 2. The lowest BCUT2D eigenvalue weighted by Gasteiger charge is -2.20. The third-order valence-electron chi connectivity index (χ3n) is 3.90. The molecule has 0 spiro atoms. The van der Waals surface area contributed by atoms with Crippen LogP contribution in [0.3, 0.4) is 0 Å². The van der Waals surface area contributed by atoms with Gasteiger partial charge in [-0.05, 0) is 30.3 Å². The number of rotatable bonds is 3. The minimum Gasteiger partial charge on any atom is -0.623 e. The van der Waals surface area contributed by atoms with Crippen molar-refractivity contribution >= 4 is 39.2 Å². The van der Waals surface area contributed by atoms with Gasteiger partial charge in [0.05, 0.1) is 18.4 Å². The molecule has 1 aliphatic heterocycles. The number of ether oxygens (including phenoxy) is 1. The van der Waals surface area contributed by atoms with Crippen molar-refractivity contribution in [2.75, 3.05) is 25.1 Å². The Balaban J connectivity index is 2.21. The van der Waals surface area contributed by atoms with E-state index in [2.05, 4.69) is 20.7 Å². The molecule has 6 nitrogen and oxygen atoms in total. The van der Waals surface area contributed by atoms with Gasteiger partial charge in [-0.25, -0.2) is 0 Å². The molecule has 0 unspecified atom stereocenters. The van der Waals surface area contributed by atoms with E-state index in [1.165, 1.54) is 12.0 Å². The lowest BCUT2D eigenvalue weighted by atomic mass is 10.00. The van der Waals surface area contributed by atoms with Crippen LogP contribution in [-0.4, -0.2) is 42.5 Å². The van der Waals surface area contributed by atoms with E-state index in [0.29, 0.717) is 27.3 Å². The van der Waals surface area contributed by atoms with E-state index in [-0.39, 0.29) is 13.1 Å². The monoisotopic (exact) mass is 402 g/mol. The summed E-state index contributed by atoms with van der Waals surface area (Å²) < 4.78 is 6.11. The predicted octanol–water partition coefficient (Wildman–Crippen LogP) is 2.32. The molecule has 2 aromatic carbocycles. The van der Waals surface area contributed by atoms with E-state index in [4.69, 9.17) is 0 Å². The molecular formula is C18H15BrN2O4. The summed E-state index contributed by atoms with van der Waals surface area (Å²) in [7, 11) is 1.26. The third-order valence-corrected chi connectivity index (χ3v) is 4.39. The molecule has 0 fully saturated rings. The van der Waals surface area contributed by atoms with Gasteiger partial charge >= 0.3 is 5.97 Å². The maximum Gasteiger partial charge on any atom is 0.325 e. The SMILES string of the molecule is COC(=O)CN1C(=O)C[N+]([O-])=C(c2ccccc2)c2cc(Br)ccc21. The number of esters is 1. The van der Waals surface area contributed by atoms with Gasteiger partial charge in [0.1, 0.15) is 6.54 Å². The van der Waals surface area contributed by atoms with Crippen molar-refractivity contribution in [3.63, 3.8) is 0 Å². The summed E-state index contributed by atoms with van der Waals surface area (Å²) in [5.41, 5.74) is 2.16. The zero-order valence-corrected chi connectivity index (χ0v) is 15.0. The van der Waals surface area contributed by atoms with Crippen molar-refractivity contribution in [3.05, 3.63) is 69.3 Å². The predicted molar refractivity (Wildman–Crippen MR) is 96.7 cm³/mol. The van der Waals surface area contributed by atoms with E-state index in [9.17, 15) is 14.8 Å². The Morgan fingerprint density at radius 3 is 2.68 bits per heavy atom. The molecule has 0 radical (unpaired) electrons. The van der Waals surface area contributed by atoms with Gasteiger partial charge in [0.25, 0.3) is 5.91 Å². The van der Waals surface area contributed by atoms with E-state index < -0.39 is 11.9 Å². The van der Waals surface area contributed by atoms with Crippen molar-refractivity contribution in [1.82, 2.24) is 0 Å². The molecule has 0 saturated heterocycles. The summed E-state index contributed by atoms with van der Waals surface area (Å²) in [6, 6.07) is 14.4. The van der Waals surface area contributed by atoms with Gasteiger partial charge in [0.2, 0.25) is 12.3 Å². The first-order chi connectivity index (χ1) is 12.0. The van der Waals surface area contributed by atoms with Gasteiger partial charge in [-0.1, -0.05) is 34.1 Å². The molecule has 0 atom stereocenters. The molecule has 0 bridgehead atoms. The van der Waals surface area contributed by atoms with Crippen LogP contribution in [0.2, 0.25) is 0 Å². The number of anilines is 1. The van der Waals surface area contributed by atoms with Gasteiger partial charge in [0.15, 0.2) is 0 Å². The molecule has 3 rings (SSSR count). The number of hydrogen-bond donors (Lipinski definition) is 0. The Labute approximate surface area is 153 Å². The third kappa shape index (κ3) is 3.41. The van der Waals surface area contributed by atoms with E-state index in [1.54, 1.807) is 18.2 Å². The van der Waals surface area contributed by atoms with Crippen LogP contribution in [0.1, 0.15) is 11.1 Å². The number of hydrogen-bond acceptors (Lipinski definition) is 4. The first kappa shape index (κ1) is 17.2. The van der Waals surface area contributed by atoms with Crippen LogP contribution in [0.25, 0.3) is 0 Å². The molecule has 0 N–H and O–H groups in total. The molecule has 2 aromatic rings. The van der Waals surface area contributed by atoms with Crippen molar-refractivity contribution in [2.45, 2.75) is 0 Å². The lowest BCUT2D eigenvalue weighted by Crippen LogP contribution is -2.39. The number of halogens is 1. The highest BCUT2D eigenvalue weighted by molar-refractivity contribution is 9.10. The van der Waals surface area contributed by atoms with Gasteiger partial charge in [-0.15, -0.1) is 0 Å². The summed E-state index contributed by atoms with van der Waals surface area (Å²) in [4.78, 5) is 25.6. The number of benzodiazepines with no additional fused rings is 1. The molecule has 128 valence electrons. The average molecular weight is 403 g/mol. The standard InChI is InChI=1S/C18H15BrN2O4/c1-25-17(23)11-20-15-8-7-13(19)9-14(15)18(21(24)10-16(20)22)12-5-3-2-4-6-12/h2-9H,10-11H2,1H3. The minimum atomic E-state index is -0.553. The summed E-state index contributed by atoms with van der Waals surface area (Å²) in [5.74, 6) is -1.02. The van der Waals surface area contributed by atoms with Crippen molar-refractivity contribution < 1.29 is 19.1 Å². The smallest absolute Gasteiger partial charge is 0.325 e. The largest absolute Gasteiger partial charge is 0.623 e. The quantitative estimate of drug-likeness (QED) is 0.448. The zero-order valence-electron chi connectivity index (χ0n) is 13.4. The van der Waals surface area contributed by atoms with Gasteiger partial charge < -0.3 is 9.94 Å². The molecule has 0 aromatic heterocycles. The fraction of sp³-hybridized carbons (Fsp3) is 0.167. The highest BCUT2D eigenvalue weighted by atomic mass is 79.9. The first-order valence-electron chi connectivity index (χ1n) is 7.55. The average Bonchev–Trinajstić information content (AvgIpc) is 2.70. The number of nitrogens with zero attached hydrogens (tertiary/aromatic N) is 2. The Morgan fingerprint density at radius 2 is 2.00 bits per heavy atom. The van der Waals surface area contributed by atoms with Crippen molar-refractivity contribution in [1.29, 1.82) is 0 Å². The second kappa shape index (κ2) is 7.06. The Bertz CT molecular complexity index is 865. The van der Waals surface area contributed by atoms with E-state index in [1.807, 2.05) is 30.3 Å². The Kier molecular flexibility index (Phi) is 4.85. The summed E-state index contributed by atoms with van der Waals surface area (Å²) >= 11 is 3.41. The van der Waals surface area contributed by atoms with Gasteiger partial charge in [0, 0.05) is 10.0 Å². The summed E-state index contributed by atoms with van der Waals surface area (Å²) in [6.07, 6.45) is 0. The summed E-state index contributed by atoms with van der Waals surface area (Å²) in [5, 5.41) is 12.7. The minimum absolute atomic E-state index is 0.250. The number of carbonyl (C=O) groups excluding carboxylic acids is 2. The van der Waals surface area contributed by atoms with Crippen molar-refractivity contribution in [3.8, 4) is 0 Å². The number of amides is 1. The molecule has 1 aliphatic rings. The molecule has 0 aliphatic carbocycles. The Morgan fingerprint density at radius 1 is 1.28 bits per heavy atom. The van der Waals surface area contributed by atoms with Crippen molar-refractivity contribution in [2.24, 2.45) is 0 Å². The molecule has 25 heavy (non-hydrogen) atoms. The summed E-state index contributed by atoms with van der Waals surface area (Å²) in [6.45, 7) is -0.632. The number of fused-ring (bicyclic) bond motifs is 1.